The van der Waals surface area contributed by atoms with Gasteiger partial charge in [0.15, 0.2) is 0 Å². The van der Waals surface area contributed by atoms with Crippen molar-refractivity contribution in [2.75, 3.05) is 36.4 Å². The van der Waals surface area contributed by atoms with Crippen molar-refractivity contribution in [3.05, 3.63) is 60.2 Å². The highest BCUT2D eigenvalue weighted by Crippen LogP contribution is 2.26. The van der Waals surface area contributed by atoms with Crippen LogP contribution < -0.4 is 21.3 Å². The monoisotopic (exact) mass is 462 g/mol. The fraction of sp³-hybridized carbons (Fsp3) is 0.360. The molecule has 2 aromatic rings. The Balaban J connectivity index is 1.48. The van der Waals surface area contributed by atoms with E-state index in [1.807, 2.05) is 9.80 Å². The number of nitrogens with one attached hydrogen (secondary N) is 2. The third-order valence-corrected chi connectivity index (χ3v) is 6.23. The van der Waals surface area contributed by atoms with E-state index in [4.69, 9.17) is 5.73 Å². The topological polar surface area (TPSA) is 121 Å². The number of nitrogens with zero attached hydrogens (tertiary/aromatic N) is 3. The van der Waals surface area contributed by atoms with E-state index in [1.54, 1.807) is 36.4 Å². The highest BCUT2D eigenvalue weighted by atomic mass is 16.2. The maximum absolute atomic E-state index is 12.7. The Morgan fingerprint density at radius 1 is 1.03 bits per heavy atom. The van der Waals surface area contributed by atoms with Crippen molar-refractivity contribution in [2.45, 2.75) is 31.7 Å². The summed E-state index contributed by atoms with van der Waals surface area (Å²) in [6.07, 6.45) is 5.30. The highest BCUT2D eigenvalue weighted by Gasteiger charge is 2.25. The van der Waals surface area contributed by atoms with Gasteiger partial charge in [0.25, 0.3) is 11.8 Å². The van der Waals surface area contributed by atoms with Crippen LogP contribution in [0.2, 0.25) is 0 Å². The van der Waals surface area contributed by atoms with Gasteiger partial charge in [-0.1, -0.05) is 6.58 Å². The molecule has 34 heavy (non-hydrogen) atoms. The Morgan fingerprint density at radius 3 is 2.44 bits per heavy atom. The van der Waals surface area contributed by atoms with Crippen LogP contribution in [0, 0.1) is 0 Å². The molecule has 2 aliphatic rings. The largest absolute Gasteiger partial charge is 0.365 e. The Morgan fingerprint density at radius 2 is 1.76 bits per heavy atom. The van der Waals surface area contributed by atoms with E-state index >= 15 is 0 Å². The molecule has 3 heterocycles. The van der Waals surface area contributed by atoms with Crippen LogP contribution in [0.4, 0.5) is 17.3 Å². The molecular weight excluding hydrogens is 432 g/mol. The number of anilines is 3. The summed E-state index contributed by atoms with van der Waals surface area (Å²) in [7, 11) is 0. The number of benzene rings is 1. The van der Waals surface area contributed by atoms with Crippen molar-refractivity contribution < 1.29 is 14.4 Å². The summed E-state index contributed by atoms with van der Waals surface area (Å²) in [6, 6.07) is 10.6. The number of amides is 3. The van der Waals surface area contributed by atoms with Gasteiger partial charge in [0.05, 0.1) is 5.56 Å². The summed E-state index contributed by atoms with van der Waals surface area (Å²) in [6.45, 7) is 6.41. The molecule has 3 amide bonds. The number of pyridine rings is 1. The van der Waals surface area contributed by atoms with Crippen LogP contribution in [0.1, 0.15) is 46.4 Å². The molecule has 0 spiro atoms. The lowest BCUT2D eigenvalue weighted by Gasteiger charge is -2.26. The molecule has 1 aromatic carbocycles. The fourth-order valence-electron chi connectivity index (χ4n) is 4.38. The molecule has 9 heteroatoms. The second kappa shape index (κ2) is 10.4. The van der Waals surface area contributed by atoms with E-state index in [1.165, 1.54) is 12.5 Å². The molecule has 2 aliphatic heterocycles. The highest BCUT2D eigenvalue weighted by molar-refractivity contribution is 5.99. The average molecular weight is 463 g/mol. The Labute approximate surface area is 199 Å². The summed E-state index contributed by atoms with van der Waals surface area (Å²) >= 11 is 0. The van der Waals surface area contributed by atoms with Crippen molar-refractivity contribution in [1.82, 2.24) is 15.2 Å². The van der Waals surface area contributed by atoms with E-state index in [9.17, 15) is 14.4 Å². The number of carbonyl (C=O) groups is 3. The summed E-state index contributed by atoms with van der Waals surface area (Å²) < 4.78 is 0. The number of carbonyl (C=O) groups excluding carboxylic acids is 3. The Kier molecular flexibility index (Phi) is 7.10. The zero-order chi connectivity index (χ0) is 24.1. The van der Waals surface area contributed by atoms with Gasteiger partial charge in [0.2, 0.25) is 5.91 Å². The van der Waals surface area contributed by atoms with Crippen molar-refractivity contribution in [2.24, 2.45) is 5.73 Å². The van der Waals surface area contributed by atoms with Gasteiger partial charge in [0.1, 0.15) is 11.6 Å². The van der Waals surface area contributed by atoms with Gasteiger partial charge in [-0.05, 0) is 68.2 Å². The first-order valence-electron chi connectivity index (χ1n) is 11.6. The van der Waals surface area contributed by atoms with Gasteiger partial charge in [-0.3, -0.25) is 14.4 Å². The molecule has 0 bridgehead atoms. The van der Waals surface area contributed by atoms with Crippen LogP contribution in [-0.4, -0.2) is 59.8 Å². The summed E-state index contributed by atoms with van der Waals surface area (Å²) in [5, 5.41) is 6.07. The first-order chi connectivity index (χ1) is 16.4. The van der Waals surface area contributed by atoms with Crippen LogP contribution in [-0.2, 0) is 4.79 Å². The van der Waals surface area contributed by atoms with Crippen molar-refractivity contribution >= 4 is 35.0 Å². The van der Waals surface area contributed by atoms with Gasteiger partial charge in [-0.15, -0.1) is 0 Å². The van der Waals surface area contributed by atoms with Crippen LogP contribution in [0.3, 0.4) is 0 Å². The number of piperidine rings is 1. The first-order valence-corrected chi connectivity index (χ1v) is 11.6. The van der Waals surface area contributed by atoms with E-state index in [0.717, 1.165) is 38.9 Å². The van der Waals surface area contributed by atoms with Crippen LogP contribution in [0.15, 0.2) is 49.1 Å². The van der Waals surface area contributed by atoms with Crippen molar-refractivity contribution in [3.63, 3.8) is 0 Å². The second-order valence-corrected chi connectivity index (χ2v) is 8.63. The standard InChI is InChI=1S/C25H30N6O3/c1-2-22(32)27-19-12-15-31(16-19)21-11-10-20(23(26)33)24(29-21)28-18-8-6-17(7-9-18)25(34)30-13-4-3-5-14-30/h2,6-11,19H,1,3-5,12-16H2,(H2,26,33)(H,27,32)(H,28,29). The van der Waals surface area contributed by atoms with E-state index in [0.29, 0.717) is 29.4 Å². The molecular formula is C25H30N6O3. The Bertz CT molecular complexity index is 1080. The SMILES string of the molecule is C=CC(=O)NC1CCN(c2ccc(C(N)=O)c(Nc3ccc(C(=O)N4CCCCC4)cc3)n2)C1. The number of rotatable bonds is 7. The fourth-order valence-corrected chi connectivity index (χ4v) is 4.38. The van der Waals surface area contributed by atoms with Gasteiger partial charge in [0, 0.05) is 43.5 Å². The van der Waals surface area contributed by atoms with Crippen LogP contribution >= 0.6 is 0 Å². The maximum atomic E-state index is 12.7. The van der Waals surface area contributed by atoms with Crippen LogP contribution in [0.5, 0.6) is 0 Å². The predicted molar refractivity (Wildman–Crippen MR) is 131 cm³/mol. The smallest absolute Gasteiger partial charge is 0.253 e. The molecule has 1 aromatic heterocycles. The van der Waals surface area contributed by atoms with E-state index in [-0.39, 0.29) is 23.4 Å². The molecule has 1 atom stereocenters. The maximum Gasteiger partial charge on any atom is 0.253 e. The average Bonchev–Trinajstić information content (AvgIpc) is 3.32. The van der Waals surface area contributed by atoms with Crippen molar-refractivity contribution in [1.29, 1.82) is 0 Å². The minimum atomic E-state index is -0.587. The lowest BCUT2D eigenvalue weighted by Crippen LogP contribution is -2.36. The summed E-state index contributed by atoms with van der Waals surface area (Å²) in [5.41, 5.74) is 7.17. The summed E-state index contributed by atoms with van der Waals surface area (Å²) in [4.78, 5) is 44.9. The minimum Gasteiger partial charge on any atom is -0.365 e. The number of nitrogens with two attached hydrogens (primary N) is 1. The molecule has 0 radical (unpaired) electrons. The van der Waals surface area contributed by atoms with Gasteiger partial charge < -0.3 is 26.2 Å². The number of aromatic nitrogens is 1. The number of primary amides is 1. The van der Waals surface area contributed by atoms with Crippen molar-refractivity contribution in [3.8, 4) is 0 Å². The number of likely N-dealkylation sites (tertiary alicyclic amines) is 1. The normalized spacial score (nSPS) is 17.8. The third kappa shape index (κ3) is 5.36. The molecule has 178 valence electrons. The second-order valence-electron chi connectivity index (χ2n) is 8.63. The molecule has 4 rings (SSSR count). The van der Waals surface area contributed by atoms with Crippen LogP contribution in [0.25, 0.3) is 0 Å². The quantitative estimate of drug-likeness (QED) is 0.544. The van der Waals surface area contributed by atoms with Gasteiger partial charge in [-0.25, -0.2) is 4.98 Å². The van der Waals surface area contributed by atoms with Gasteiger partial charge >= 0.3 is 0 Å². The summed E-state index contributed by atoms with van der Waals surface area (Å²) in [5.74, 6) is 0.277. The zero-order valence-corrected chi connectivity index (χ0v) is 19.1. The lowest BCUT2D eigenvalue weighted by atomic mass is 10.1. The lowest BCUT2D eigenvalue weighted by molar-refractivity contribution is -0.117. The molecule has 2 saturated heterocycles. The molecule has 2 fully saturated rings. The molecule has 4 N–H and O–H groups in total. The van der Waals surface area contributed by atoms with E-state index in [2.05, 4.69) is 22.2 Å². The molecule has 0 saturated carbocycles. The molecule has 0 aliphatic carbocycles. The minimum absolute atomic E-state index is 0.00418. The number of hydrogen-bond acceptors (Lipinski definition) is 6. The molecule has 9 nitrogen and oxygen atoms in total. The van der Waals surface area contributed by atoms with Gasteiger partial charge in [-0.2, -0.15) is 0 Å². The first kappa shape index (κ1) is 23.3. The third-order valence-electron chi connectivity index (χ3n) is 6.23. The predicted octanol–water partition coefficient (Wildman–Crippen LogP) is 2.43. The Hall–Kier alpha value is -3.88. The molecule has 1 unspecified atom stereocenters. The number of hydrogen-bond donors (Lipinski definition) is 3. The van der Waals surface area contributed by atoms with E-state index < -0.39 is 5.91 Å². The zero-order valence-electron chi connectivity index (χ0n) is 19.1.